The van der Waals surface area contributed by atoms with E-state index in [9.17, 15) is 4.79 Å². The molecule has 1 aromatic rings. The first-order valence-corrected chi connectivity index (χ1v) is 8.29. The molecular weight excluding hydrogens is 280 g/mol. The second kappa shape index (κ2) is 7.22. The van der Waals surface area contributed by atoms with E-state index in [1.165, 1.54) is 0 Å². The Labute approximate surface area is 132 Å². The van der Waals surface area contributed by atoms with Crippen molar-refractivity contribution in [2.75, 3.05) is 13.1 Å². The highest BCUT2D eigenvalue weighted by Crippen LogP contribution is 2.21. The normalized spacial score (nSPS) is 23.8. The van der Waals surface area contributed by atoms with Gasteiger partial charge in [-0.1, -0.05) is 32.9 Å². The summed E-state index contributed by atoms with van der Waals surface area (Å²) in [6.45, 7) is 11.8. The molecule has 6 nitrogen and oxygen atoms in total. The Kier molecular flexibility index (Phi) is 5.56. The molecule has 1 amide bonds. The van der Waals surface area contributed by atoms with Crippen LogP contribution in [0.3, 0.4) is 0 Å². The van der Waals surface area contributed by atoms with Crippen molar-refractivity contribution in [2.24, 2.45) is 11.8 Å². The predicted molar refractivity (Wildman–Crippen MR) is 84.2 cm³/mol. The minimum Gasteiger partial charge on any atom is -0.342 e. The third-order valence-corrected chi connectivity index (χ3v) is 4.35. The van der Waals surface area contributed by atoms with Gasteiger partial charge in [0.2, 0.25) is 11.8 Å². The fourth-order valence-electron chi connectivity index (χ4n) is 2.94. The molecule has 124 valence electrons. The molecule has 0 aliphatic carbocycles. The molecule has 2 rings (SSSR count). The third kappa shape index (κ3) is 3.85. The third-order valence-electron chi connectivity index (χ3n) is 4.35. The van der Waals surface area contributed by atoms with Crippen molar-refractivity contribution in [3.05, 3.63) is 11.7 Å². The summed E-state index contributed by atoms with van der Waals surface area (Å²) in [6.07, 6.45) is 1.74. The van der Waals surface area contributed by atoms with Gasteiger partial charge >= 0.3 is 0 Å². The number of nitrogens with zero attached hydrogens (tertiary/aromatic N) is 3. The van der Waals surface area contributed by atoms with Crippen LogP contribution in [0.2, 0.25) is 0 Å². The molecule has 0 bridgehead atoms. The topological polar surface area (TPSA) is 71.3 Å². The number of nitrogens with one attached hydrogen (secondary N) is 1. The largest absolute Gasteiger partial charge is 0.342 e. The van der Waals surface area contributed by atoms with Crippen LogP contribution >= 0.6 is 0 Å². The van der Waals surface area contributed by atoms with E-state index in [2.05, 4.69) is 22.4 Å². The smallest absolute Gasteiger partial charge is 0.243 e. The lowest BCUT2D eigenvalue weighted by Gasteiger charge is -2.39. The molecule has 0 radical (unpaired) electrons. The molecule has 3 atom stereocenters. The molecule has 1 N–H and O–H groups in total. The Hall–Kier alpha value is -1.43. The number of hydrogen-bond acceptors (Lipinski definition) is 5. The number of hydrogen-bond donors (Lipinski definition) is 1. The minimum absolute atomic E-state index is 0.0348. The van der Waals surface area contributed by atoms with Crippen LogP contribution in [0.1, 0.15) is 58.8 Å². The first-order chi connectivity index (χ1) is 10.4. The molecule has 1 aromatic heterocycles. The molecule has 0 spiro atoms. The van der Waals surface area contributed by atoms with Gasteiger partial charge in [0.05, 0.1) is 6.04 Å². The van der Waals surface area contributed by atoms with E-state index >= 15 is 0 Å². The van der Waals surface area contributed by atoms with Crippen molar-refractivity contribution < 1.29 is 9.32 Å². The summed E-state index contributed by atoms with van der Waals surface area (Å²) >= 11 is 0. The standard InChI is InChI=1S/C16H28N4O2/c1-6-14-18-15(22-19-14)12(5)17-13-7-8-20(9-11(13)4)16(21)10(2)3/h10-13,17H,6-9H2,1-5H3/t11-,12+,13-/m1/s1. The maximum Gasteiger partial charge on any atom is 0.243 e. The van der Waals surface area contributed by atoms with E-state index in [0.29, 0.717) is 17.9 Å². The highest BCUT2D eigenvalue weighted by Gasteiger charge is 2.31. The Morgan fingerprint density at radius 2 is 2.18 bits per heavy atom. The van der Waals surface area contributed by atoms with E-state index < -0.39 is 0 Å². The fraction of sp³-hybridized carbons (Fsp3) is 0.812. The van der Waals surface area contributed by atoms with Gasteiger partial charge in [-0.05, 0) is 19.3 Å². The predicted octanol–water partition coefficient (Wildman–Crippen LogP) is 2.18. The zero-order chi connectivity index (χ0) is 16.3. The summed E-state index contributed by atoms with van der Waals surface area (Å²) in [5.74, 6) is 2.12. The zero-order valence-corrected chi connectivity index (χ0v) is 14.3. The Morgan fingerprint density at radius 1 is 1.45 bits per heavy atom. The monoisotopic (exact) mass is 308 g/mol. The summed E-state index contributed by atoms with van der Waals surface area (Å²) in [4.78, 5) is 18.5. The van der Waals surface area contributed by atoms with Gasteiger partial charge in [0.15, 0.2) is 5.82 Å². The van der Waals surface area contributed by atoms with Crippen LogP contribution in [0.5, 0.6) is 0 Å². The number of amides is 1. The Morgan fingerprint density at radius 3 is 2.73 bits per heavy atom. The number of carbonyl (C=O) groups is 1. The number of piperidine rings is 1. The highest BCUT2D eigenvalue weighted by atomic mass is 16.5. The molecule has 0 saturated carbocycles. The van der Waals surface area contributed by atoms with Gasteiger partial charge in [-0.3, -0.25) is 4.79 Å². The maximum atomic E-state index is 12.1. The van der Waals surface area contributed by atoms with Crippen molar-refractivity contribution in [3.63, 3.8) is 0 Å². The van der Waals surface area contributed by atoms with Crippen molar-refractivity contribution in [1.82, 2.24) is 20.4 Å². The van der Waals surface area contributed by atoms with Crippen molar-refractivity contribution in [2.45, 2.75) is 59.5 Å². The number of rotatable bonds is 5. The van der Waals surface area contributed by atoms with Crippen LogP contribution in [-0.4, -0.2) is 40.1 Å². The first-order valence-electron chi connectivity index (χ1n) is 8.29. The molecule has 22 heavy (non-hydrogen) atoms. The summed E-state index contributed by atoms with van der Waals surface area (Å²) in [5.41, 5.74) is 0. The molecule has 1 fully saturated rings. The van der Waals surface area contributed by atoms with Crippen molar-refractivity contribution >= 4 is 5.91 Å². The van der Waals surface area contributed by atoms with E-state index in [-0.39, 0.29) is 17.9 Å². The molecule has 6 heteroatoms. The lowest BCUT2D eigenvalue weighted by molar-refractivity contribution is -0.136. The van der Waals surface area contributed by atoms with E-state index in [4.69, 9.17) is 4.52 Å². The van der Waals surface area contributed by atoms with Crippen molar-refractivity contribution in [1.29, 1.82) is 0 Å². The second-order valence-electron chi connectivity index (χ2n) is 6.60. The van der Waals surface area contributed by atoms with Crippen LogP contribution in [0, 0.1) is 11.8 Å². The van der Waals surface area contributed by atoms with Crippen LogP contribution in [0.4, 0.5) is 0 Å². The second-order valence-corrected chi connectivity index (χ2v) is 6.60. The highest BCUT2D eigenvalue weighted by molar-refractivity contribution is 5.78. The Balaban J connectivity index is 1.90. The van der Waals surface area contributed by atoms with Crippen LogP contribution in [-0.2, 0) is 11.2 Å². The first kappa shape index (κ1) is 16.9. The molecular formula is C16H28N4O2. The van der Waals surface area contributed by atoms with Gasteiger partial charge in [-0.15, -0.1) is 0 Å². The van der Waals surface area contributed by atoms with Gasteiger partial charge in [0, 0.05) is 31.5 Å². The summed E-state index contributed by atoms with van der Waals surface area (Å²) < 4.78 is 5.30. The molecule has 0 unspecified atom stereocenters. The average molecular weight is 308 g/mol. The van der Waals surface area contributed by atoms with Crippen LogP contribution in [0.15, 0.2) is 4.52 Å². The lowest BCUT2D eigenvalue weighted by atomic mass is 9.92. The quantitative estimate of drug-likeness (QED) is 0.902. The van der Waals surface area contributed by atoms with E-state index in [1.807, 2.05) is 32.6 Å². The number of aromatic nitrogens is 2. The van der Waals surface area contributed by atoms with Crippen LogP contribution < -0.4 is 5.32 Å². The summed E-state index contributed by atoms with van der Waals surface area (Å²) in [7, 11) is 0. The van der Waals surface area contributed by atoms with E-state index in [0.717, 1.165) is 31.8 Å². The van der Waals surface area contributed by atoms with Gasteiger partial charge in [-0.2, -0.15) is 4.98 Å². The molecule has 0 aromatic carbocycles. The minimum atomic E-state index is 0.0348. The summed E-state index contributed by atoms with van der Waals surface area (Å²) in [6, 6.07) is 0.399. The maximum absolute atomic E-state index is 12.1. The molecule has 1 aliphatic rings. The number of aryl methyl sites for hydroxylation is 1. The van der Waals surface area contributed by atoms with E-state index in [1.54, 1.807) is 0 Å². The van der Waals surface area contributed by atoms with Gasteiger partial charge < -0.3 is 14.7 Å². The summed E-state index contributed by atoms with van der Waals surface area (Å²) in [5, 5.41) is 7.52. The number of likely N-dealkylation sites (tertiary alicyclic amines) is 1. The van der Waals surface area contributed by atoms with Gasteiger partial charge in [0.1, 0.15) is 0 Å². The molecule has 1 saturated heterocycles. The average Bonchev–Trinajstić information content (AvgIpc) is 2.97. The zero-order valence-electron chi connectivity index (χ0n) is 14.3. The van der Waals surface area contributed by atoms with Gasteiger partial charge in [0.25, 0.3) is 0 Å². The molecule has 1 aliphatic heterocycles. The van der Waals surface area contributed by atoms with Gasteiger partial charge in [-0.25, -0.2) is 0 Å². The molecule has 2 heterocycles. The SMILES string of the molecule is CCc1noc([C@H](C)N[C@@H]2CCN(C(=O)C(C)C)C[C@H]2C)n1. The van der Waals surface area contributed by atoms with Crippen molar-refractivity contribution in [3.8, 4) is 0 Å². The number of carbonyl (C=O) groups excluding carboxylic acids is 1. The lowest BCUT2D eigenvalue weighted by Crippen LogP contribution is -2.51. The Bertz CT molecular complexity index is 500. The fourth-order valence-corrected chi connectivity index (χ4v) is 2.94. The van der Waals surface area contributed by atoms with Crippen LogP contribution in [0.25, 0.3) is 0 Å².